The number of nitrogens with zero attached hydrogens (tertiary/aromatic N) is 3. The zero-order chi connectivity index (χ0) is 23.0. The van der Waals surface area contributed by atoms with Gasteiger partial charge in [-0.05, 0) is 50.7 Å². The fraction of sp³-hybridized carbons (Fsp3) is 0.583. The first kappa shape index (κ1) is 23.9. The molecule has 33 heavy (non-hydrogen) atoms. The third-order valence-electron chi connectivity index (χ3n) is 6.50. The molecule has 0 spiro atoms. The van der Waals surface area contributed by atoms with Crippen LogP contribution in [0.3, 0.4) is 0 Å². The maximum Gasteiger partial charge on any atom is 0.183 e. The summed E-state index contributed by atoms with van der Waals surface area (Å²) in [5, 5.41) is 14.8. The van der Waals surface area contributed by atoms with Crippen molar-refractivity contribution >= 4 is 22.3 Å². The Labute approximate surface area is 201 Å². The number of nitrogens with two attached hydrogens (primary N) is 1. The van der Waals surface area contributed by atoms with Crippen LogP contribution in [0.1, 0.15) is 53.6 Å². The Morgan fingerprint density at radius 3 is 2.91 bits per heavy atom. The number of hydrogen-bond donors (Lipinski definition) is 5. The summed E-state index contributed by atoms with van der Waals surface area (Å²) < 4.78 is 0. The van der Waals surface area contributed by atoms with Gasteiger partial charge in [-0.3, -0.25) is 10.2 Å². The van der Waals surface area contributed by atoms with Gasteiger partial charge >= 0.3 is 0 Å². The van der Waals surface area contributed by atoms with Gasteiger partial charge in [-0.25, -0.2) is 9.97 Å². The molecule has 0 aromatic carbocycles. The maximum absolute atomic E-state index is 5.76. The minimum Gasteiger partial charge on any atom is -0.405 e. The Hall–Kier alpha value is -2.20. The predicted molar refractivity (Wildman–Crippen MR) is 138 cm³/mol. The Bertz CT molecular complexity index is 921. The molecule has 9 heteroatoms. The number of hydrogen-bond acceptors (Lipinski definition) is 9. The monoisotopic (exact) mass is 470 g/mol. The summed E-state index contributed by atoms with van der Waals surface area (Å²) >= 11 is 1.72. The van der Waals surface area contributed by atoms with Crippen LogP contribution in [0.5, 0.6) is 0 Å². The number of fused-ring (bicyclic) bond motifs is 1. The van der Waals surface area contributed by atoms with Crippen molar-refractivity contribution in [2.24, 2.45) is 5.73 Å². The smallest absolute Gasteiger partial charge is 0.183 e. The molecule has 6 N–H and O–H groups in total. The second-order valence-electron chi connectivity index (χ2n) is 8.95. The molecule has 3 heterocycles. The van der Waals surface area contributed by atoms with E-state index in [9.17, 15) is 0 Å². The second kappa shape index (κ2) is 11.8. The van der Waals surface area contributed by atoms with Crippen molar-refractivity contribution in [3.8, 4) is 0 Å². The van der Waals surface area contributed by atoms with Gasteiger partial charge < -0.3 is 21.7 Å². The van der Waals surface area contributed by atoms with E-state index in [2.05, 4.69) is 45.2 Å². The molecule has 1 aliphatic carbocycles. The van der Waals surface area contributed by atoms with Crippen LogP contribution in [0.15, 0.2) is 24.4 Å². The molecule has 2 aromatic rings. The van der Waals surface area contributed by atoms with Crippen LogP contribution in [-0.4, -0.2) is 54.3 Å². The van der Waals surface area contributed by atoms with E-state index in [1.54, 1.807) is 17.5 Å². The Balaban J connectivity index is 1.32. The topological polar surface area (TPSA) is 103 Å². The minimum atomic E-state index is 0.0116. The van der Waals surface area contributed by atoms with Crippen LogP contribution >= 0.6 is 11.3 Å². The number of rotatable bonds is 11. The highest BCUT2D eigenvalue weighted by Crippen LogP contribution is 2.31. The molecule has 2 aliphatic rings. The Morgan fingerprint density at radius 1 is 1.27 bits per heavy atom. The molecule has 0 bridgehead atoms. The zero-order valence-corrected chi connectivity index (χ0v) is 20.7. The van der Waals surface area contributed by atoms with Gasteiger partial charge in [0.1, 0.15) is 5.82 Å². The number of thiazole rings is 1. The van der Waals surface area contributed by atoms with E-state index in [0.717, 1.165) is 49.2 Å². The molecule has 0 radical (unpaired) electrons. The Kier molecular flexibility index (Phi) is 8.55. The number of aryl methyl sites for hydroxylation is 1. The van der Waals surface area contributed by atoms with Gasteiger partial charge in [0.2, 0.25) is 0 Å². The molecule has 1 unspecified atom stereocenters. The van der Waals surface area contributed by atoms with Gasteiger partial charge in [-0.1, -0.05) is 30.2 Å². The standard InChI is InChI=1S/C24H38N8S/c1-17-23(33-24(29-17)30-19-5-3-4-6-19)21(9-11-25)27-16-28-22-8-7-18-15-32(14-12-26-2)13-10-20(18)31-22/h7-9,11,19,21,26-27H,3-6,10,12-16,25H2,1-2H3,(H,28,31)(H,29,30)/b11-9-. The van der Waals surface area contributed by atoms with Crippen LogP contribution in [0.2, 0.25) is 0 Å². The van der Waals surface area contributed by atoms with Crippen LogP contribution in [0.25, 0.3) is 0 Å². The number of aromatic nitrogens is 2. The highest BCUT2D eigenvalue weighted by molar-refractivity contribution is 7.15. The fourth-order valence-corrected chi connectivity index (χ4v) is 5.75. The average Bonchev–Trinajstić information content (AvgIpc) is 3.46. The molecule has 0 amide bonds. The van der Waals surface area contributed by atoms with Gasteiger partial charge in [0.05, 0.1) is 23.3 Å². The lowest BCUT2D eigenvalue weighted by molar-refractivity contribution is 0.254. The number of anilines is 2. The summed E-state index contributed by atoms with van der Waals surface area (Å²) in [6.45, 7) is 6.80. The summed E-state index contributed by atoms with van der Waals surface area (Å²) in [7, 11) is 2.00. The van der Waals surface area contributed by atoms with Gasteiger partial charge in [-0.2, -0.15) is 0 Å². The summed E-state index contributed by atoms with van der Waals surface area (Å²) in [6, 6.07) is 4.86. The SMILES string of the molecule is CNCCN1CCc2nc(NCNC(/C=C\N)c3sc(NC4CCCC4)nc3C)ccc2C1. The number of likely N-dealkylation sites (N-methyl/N-ethyl adjacent to an activating group) is 1. The zero-order valence-electron chi connectivity index (χ0n) is 19.9. The van der Waals surface area contributed by atoms with Crippen molar-refractivity contribution in [3.05, 3.63) is 46.2 Å². The van der Waals surface area contributed by atoms with Crippen molar-refractivity contribution in [2.45, 2.75) is 57.7 Å². The van der Waals surface area contributed by atoms with Gasteiger partial charge in [-0.15, -0.1) is 0 Å². The molecule has 4 rings (SSSR count). The summed E-state index contributed by atoms with van der Waals surface area (Å²) in [5.74, 6) is 0.907. The van der Waals surface area contributed by atoms with Crippen molar-refractivity contribution < 1.29 is 0 Å². The van der Waals surface area contributed by atoms with Crippen molar-refractivity contribution in [3.63, 3.8) is 0 Å². The molecular formula is C24H38N8S. The number of pyridine rings is 1. The van der Waals surface area contributed by atoms with E-state index >= 15 is 0 Å². The van der Waals surface area contributed by atoms with E-state index in [1.807, 2.05) is 13.1 Å². The molecule has 1 saturated carbocycles. The minimum absolute atomic E-state index is 0.0116. The van der Waals surface area contributed by atoms with E-state index in [1.165, 1.54) is 41.8 Å². The van der Waals surface area contributed by atoms with E-state index < -0.39 is 0 Å². The van der Waals surface area contributed by atoms with Gasteiger partial charge in [0, 0.05) is 44.3 Å². The third-order valence-corrected chi connectivity index (χ3v) is 7.67. The molecule has 0 saturated heterocycles. The van der Waals surface area contributed by atoms with E-state index in [-0.39, 0.29) is 6.04 Å². The lowest BCUT2D eigenvalue weighted by Gasteiger charge is -2.28. The van der Waals surface area contributed by atoms with E-state index in [4.69, 9.17) is 15.7 Å². The molecule has 8 nitrogen and oxygen atoms in total. The quantitative estimate of drug-likeness (QED) is 0.320. The molecular weight excluding hydrogens is 432 g/mol. The van der Waals surface area contributed by atoms with Crippen molar-refractivity contribution in [1.82, 2.24) is 25.5 Å². The summed E-state index contributed by atoms with van der Waals surface area (Å²) in [5.41, 5.74) is 9.35. The molecule has 1 atom stereocenters. The maximum atomic E-state index is 5.76. The normalized spacial score (nSPS) is 18.0. The van der Waals surface area contributed by atoms with Gasteiger partial charge in [0.15, 0.2) is 5.13 Å². The lowest BCUT2D eigenvalue weighted by Crippen LogP contribution is -2.35. The second-order valence-corrected chi connectivity index (χ2v) is 9.98. The first-order valence-electron chi connectivity index (χ1n) is 12.1. The van der Waals surface area contributed by atoms with Gasteiger partial charge in [0.25, 0.3) is 0 Å². The van der Waals surface area contributed by atoms with E-state index in [0.29, 0.717) is 12.7 Å². The molecule has 1 aliphatic heterocycles. The highest BCUT2D eigenvalue weighted by atomic mass is 32.1. The largest absolute Gasteiger partial charge is 0.405 e. The highest BCUT2D eigenvalue weighted by Gasteiger charge is 2.20. The lowest BCUT2D eigenvalue weighted by atomic mass is 10.1. The van der Waals surface area contributed by atoms with Crippen LogP contribution < -0.4 is 27.0 Å². The van der Waals surface area contributed by atoms with Crippen LogP contribution in [0.4, 0.5) is 10.9 Å². The third kappa shape index (κ3) is 6.44. The number of nitrogens with one attached hydrogen (secondary N) is 4. The molecule has 180 valence electrons. The fourth-order valence-electron chi connectivity index (χ4n) is 4.65. The first-order valence-corrected chi connectivity index (χ1v) is 12.9. The van der Waals surface area contributed by atoms with Crippen LogP contribution in [0, 0.1) is 6.92 Å². The van der Waals surface area contributed by atoms with Crippen molar-refractivity contribution in [1.29, 1.82) is 0 Å². The molecule has 2 aromatic heterocycles. The van der Waals surface area contributed by atoms with Crippen LogP contribution in [-0.2, 0) is 13.0 Å². The molecule has 1 fully saturated rings. The average molecular weight is 471 g/mol. The summed E-state index contributed by atoms with van der Waals surface area (Å²) in [4.78, 5) is 13.3. The first-order chi connectivity index (χ1) is 16.2. The van der Waals surface area contributed by atoms with Crippen molar-refractivity contribution in [2.75, 3.05) is 44.0 Å². The summed E-state index contributed by atoms with van der Waals surface area (Å²) in [6.07, 6.45) is 9.70. The Morgan fingerprint density at radius 2 is 2.12 bits per heavy atom. The predicted octanol–water partition coefficient (Wildman–Crippen LogP) is 2.95.